The van der Waals surface area contributed by atoms with Crippen molar-refractivity contribution in [3.05, 3.63) is 12.3 Å². The highest BCUT2D eigenvalue weighted by Gasteiger charge is 2.25. The van der Waals surface area contributed by atoms with Crippen molar-refractivity contribution in [1.82, 2.24) is 19.8 Å². The number of hydrogen-bond donors (Lipinski definition) is 0. The molecule has 1 aliphatic heterocycles. The van der Waals surface area contributed by atoms with Crippen LogP contribution in [0.25, 0.3) is 0 Å². The number of likely N-dealkylation sites (N-methyl/N-ethyl adjacent to an activating group) is 1. The van der Waals surface area contributed by atoms with Gasteiger partial charge in [-0.3, -0.25) is 9.69 Å². The Labute approximate surface area is 150 Å². The molecule has 0 radical (unpaired) electrons. The molecule has 2 heterocycles. The average Bonchev–Trinajstić information content (AvgIpc) is 2.68. The van der Waals surface area contributed by atoms with Crippen molar-refractivity contribution < 1.29 is 9.53 Å². The second-order valence-electron chi connectivity index (χ2n) is 6.96. The first-order valence-electron chi connectivity index (χ1n) is 9.27. The summed E-state index contributed by atoms with van der Waals surface area (Å²) in [6.07, 6.45) is 7.85. The largest absolute Gasteiger partial charge is 0.481 e. The van der Waals surface area contributed by atoms with Crippen LogP contribution in [-0.2, 0) is 4.79 Å². The van der Waals surface area contributed by atoms with Crippen LogP contribution in [0.4, 0.5) is 5.95 Å². The number of aromatic nitrogens is 2. The van der Waals surface area contributed by atoms with Gasteiger partial charge in [-0.1, -0.05) is 19.3 Å². The molecule has 1 saturated carbocycles. The molecule has 0 N–H and O–H groups in total. The smallest absolute Gasteiger partial charge is 0.236 e. The van der Waals surface area contributed by atoms with Crippen LogP contribution < -0.4 is 9.64 Å². The van der Waals surface area contributed by atoms with E-state index < -0.39 is 0 Å². The van der Waals surface area contributed by atoms with Gasteiger partial charge in [-0.15, -0.1) is 0 Å². The summed E-state index contributed by atoms with van der Waals surface area (Å²) < 4.78 is 5.16. The number of ether oxygens (including phenoxy) is 1. The van der Waals surface area contributed by atoms with E-state index in [1.54, 1.807) is 19.4 Å². The van der Waals surface area contributed by atoms with E-state index in [4.69, 9.17) is 4.74 Å². The van der Waals surface area contributed by atoms with Crippen molar-refractivity contribution in [2.24, 2.45) is 0 Å². The fraction of sp³-hybridized carbons (Fsp3) is 0.722. The van der Waals surface area contributed by atoms with Crippen LogP contribution in [0.2, 0.25) is 0 Å². The van der Waals surface area contributed by atoms with Crippen molar-refractivity contribution >= 4 is 11.9 Å². The van der Waals surface area contributed by atoms with Gasteiger partial charge >= 0.3 is 0 Å². The molecule has 138 valence electrons. The summed E-state index contributed by atoms with van der Waals surface area (Å²) >= 11 is 0. The summed E-state index contributed by atoms with van der Waals surface area (Å²) in [6.45, 7) is 3.87. The summed E-state index contributed by atoms with van der Waals surface area (Å²) in [5.74, 6) is 1.53. The number of anilines is 1. The summed E-state index contributed by atoms with van der Waals surface area (Å²) in [5.41, 5.74) is 0. The van der Waals surface area contributed by atoms with E-state index in [0.717, 1.165) is 39.0 Å². The van der Waals surface area contributed by atoms with E-state index >= 15 is 0 Å². The predicted octanol–water partition coefficient (Wildman–Crippen LogP) is 1.40. The molecular weight excluding hydrogens is 318 g/mol. The Morgan fingerprint density at radius 3 is 2.64 bits per heavy atom. The Kier molecular flexibility index (Phi) is 6.07. The Balaban J connectivity index is 1.47. The number of piperazine rings is 1. The van der Waals surface area contributed by atoms with Crippen LogP contribution >= 0.6 is 0 Å². The number of amides is 1. The number of carbonyl (C=O) groups excluding carboxylic acids is 1. The van der Waals surface area contributed by atoms with Crippen LogP contribution in [0.3, 0.4) is 0 Å². The topological polar surface area (TPSA) is 61.8 Å². The van der Waals surface area contributed by atoms with Crippen LogP contribution in [0.15, 0.2) is 12.3 Å². The van der Waals surface area contributed by atoms with Gasteiger partial charge in [0.2, 0.25) is 17.7 Å². The third kappa shape index (κ3) is 4.60. The van der Waals surface area contributed by atoms with Crippen molar-refractivity contribution in [2.75, 3.05) is 51.8 Å². The molecular formula is C18H29N5O2. The van der Waals surface area contributed by atoms with Crippen molar-refractivity contribution in [1.29, 1.82) is 0 Å². The Bertz CT molecular complexity index is 568. The third-order valence-corrected chi connectivity index (χ3v) is 5.36. The van der Waals surface area contributed by atoms with Crippen LogP contribution in [0, 0.1) is 0 Å². The summed E-state index contributed by atoms with van der Waals surface area (Å²) in [4.78, 5) is 27.7. The SMILES string of the molecule is COc1ccnc(N2CCN(CC(=O)N(C)C3CCCCC3)CC2)n1. The molecule has 0 bridgehead atoms. The quantitative estimate of drug-likeness (QED) is 0.802. The molecule has 25 heavy (non-hydrogen) atoms. The number of rotatable bonds is 5. The fourth-order valence-corrected chi connectivity index (χ4v) is 3.68. The van der Waals surface area contributed by atoms with Gasteiger partial charge in [-0.05, 0) is 12.8 Å². The van der Waals surface area contributed by atoms with Gasteiger partial charge in [0.05, 0.1) is 13.7 Å². The lowest BCUT2D eigenvalue weighted by Gasteiger charge is -2.36. The van der Waals surface area contributed by atoms with Crippen LogP contribution in [0.1, 0.15) is 32.1 Å². The Morgan fingerprint density at radius 2 is 1.96 bits per heavy atom. The zero-order chi connectivity index (χ0) is 17.6. The van der Waals surface area contributed by atoms with E-state index in [2.05, 4.69) is 19.8 Å². The standard InChI is InChI=1S/C18H29N5O2/c1-21(15-6-4-3-5-7-15)17(24)14-22-10-12-23(13-11-22)18-19-9-8-16(20-18)25-2/h8-9,15H,3-7,10-14H2,1-2H3. The van der Waals surface area contributed by atoms with Gasteiger partial charge in [-0.2, -0.15) is 4.98 Å². The van der Waals surface area contributed by atoms with Crippen LogP contribution in [0.5, 0.6) is 5.88 Å². The number of nitrogens with zero attached hydrogens (tertiary/aromatic N) is 5. The van der Waals surface area contributed by atoms with Crippen LogP contribution in [-0.4, -0.2) is 78.6 Å². The lowest BCUT2D eigenvalue weighted by atomic mass is 9.94. The van der Waals surface area contributed by atoms with Crippen molar-refractivity contribution in [3.63, 3.8) is 0 Å². The molecule has 7 nitrogen and oxygen atoms in total. The van der Waals surface area contributed by atoms with E-state index in [1.807, 2.05) is 11.9 Å². The first-order chi connectivity index (χ1) is 12.2. The monoisotopic (exact) mass is 347 g/mol. The molecule has 1 aliphatic carbocycles. The molecule has 1 aromatic heterocycles. The summed E-state index contributed by atoms with van der Waals surface area (Å²) in [7, 11) is 3.58. The highest BCUT2D eigenvalue weighted by Crippen LogP contribution is 2.22. The van der Waals surface area contributed by atoms with Gasteiger partial charge < -0.3 is 14.5 Å². The molecule has 1 aromatic rings. The highest BCUT2D eigenvalue weighted by molar-refractivity contribution is 5.78. The first kappa shape index (κ1) is 17.9. The number of methoxy groups -OCH3 is 1. The third-order valence-electron chi connectivity index (χ3n) is 5.36. The second-order valence-corrected chi connectivity index (χ2v) is 6.96. The molecule has 2 aliphatic rings. The normalized spacial score (nSPS) is 19.7. The molecule has 1 amide bonds. The number of carbonyl (C=O) groups is 1. The predicted molar refractivity (Wildman–Crippen MR) is 96.9 cm³/mol. The van der Waals surface area contributed by atoms with Gasteiger partial charge in [0.15, 0.2) is 0 Å². The summed E-state index contributed by atoms with van der Waals surface area (Å²) in [5, 5.41) is 0. The second kappa shape index (κ2) is 8.47. The first-order valence-corrected chi connectivity index (χ1v) is 9.27. The minimum atomic E-state index is 0.248. The van der Waals surface area contributed by atoms with E-state index in [1.165, 1.54) is 19.3 Å². The van der Waals surface area contributed by atoms with Gasteiger partial charge in [0.1, 0.15) is 0 Å². The maximum absolute atomic E-state index is 12.6. The molecule has 3 rings (SSSR count). The molecule has 0 atom stereocenters. The zero-order valence-electron chi connectivity index (χ0n) is 15.4. The Hall–Kier alpha value is -1.89. The molecule has 0 unspecified atom stereocenters. The van der Waals surface area contributed by atoms with Gasteiger partial charge in [0, 0.05) is 51.5 Å². The fourth-order valence-electron chi connectivity index (χ4n) is 3.68. The lowest BCUT2D eigenvalue weighted by molar-refractivity contribution is -0.133. The zero-order valence-corrected chi connectivity index (χ0v) is 15.4. The van der Waals surface area contributed by atoms with Crippen molar-refractivity contribution in [2.45, 2.75) is 38.1 Å². The molecule has 1 saturated heterocycles. The maximum atomic E-state index is 12.6. The summed E-state index contributed by atoms with van der Waals surface area (Å²) in [6, 6.07) is 2.19. The minimum absolute atomic E-state index is 0.248. The van der Waals surface area contributed by atoms with E-state index in [9.17, 15) is 4.79 Å². The molecule has 2 fully saturated rings. The van der Waals surface area contributed by atoms with E-state index in [0.29, 0.717) is 24.4 Å². The minimum Gasteiger partial charge on any atom is -0.481 e. The van der Waals surface area contributed by atoms with Crippen molar-refractivity contribution in [3.8, 4) is 5.88 Å². The highest BCUT2D eigenvalue weighted by atomic mass is 16.5. The number of hydrogen-bond acceptors (Lipinski definition) is 6. The van der Waals surface area contributed by atoms with Gasteiger partial charge in [0.25, 0.3) is 0 Å². The lowest BCUT2D eigenvalue weighted by Crippen LogP contribution is -2.51. The molecule has 0 aromatic carbocycles. The molecule has 7 heteroatoms. The van der Waals surface area contributed by atoms with Gasteiger partial charge in [-0.25, -0.2) is 4.98 Å². The Morgan fingerprint density at radius 1 is 1.24 bits per heavy atom. The maximum Gasteiger partial charge on any atom is 0.236 e. The molecule has 0 spiro atoms. The van der Waals surface area contributed by atoms with E-state index in [-0.39, 0.29) is 5.91 Å². The average molecular weight is 347 g/mol.